The highest BCUT2D eigenvalue weighted by Gasteiger charge is 2.34. The average molecular weight is 493 g/mol. The van der Waals surface area contributed by atoms with E-state index in [0.717, 1.165) is 32.1 Å². The van der Waals surface area contributed by atoms with E-state index in [1.54, 1.807) is 37.3 Å². The molecule has 0 aliphatic heterocycles. The van der Waals surface area contributed by atoms with Gasteiger partial charge in [-0.3, -0.25) is 24.3 Å². The Morgan fingerprint density at radius 3 is 2.53 bits per heavy atom. The van der Waals surface area contributed by atoms with Crippen molar-refractivity contribution in [2.24, 2.45) is 0 Å². The van der Waals surface area contributed by atoms with Crippen LogP contribution in [0.5, 0.6) is 0 Å². The van der Waals surface area contributed by atoms with Gasteiger partial charge in [0.15, 0.2) is 5.76 Å². The van der Waals surface area contributed by atoms with Crippen LogP contribution in [0.1, 0.15) is 59.8 Å². The smallest absolute Gasteiger partial charge is 0.287 e. The molecule has 1 atom stereocenters. The van der Waals surface area contributed by atoms with Crippen LogP contribution in [0.15, 0.2) is 65.5 Å². The molecule has 3 aromatic rings. The number of rotatable bonds is 8. The van der Waals surface area contributed by atoms with Crippen LogP contribution in [-0.2, 0) is 9.59 Å². The third kappa shape index (κ3) is 5.97. The number of aryl methyl sites for hydroxylation is 1. The summed E-state index contributed by atoms with van der Waals surface area (Å²) >= 11 is 0. The first-order valence-electron chi connectivity index (χ1n) is 12.0. The maximum absolute atomic E-state index is 14.6. The van der Waals surface area contributed by atoms with Gasteiger partial charge >= 0.3 is 0 Å². The Hall–Kier alpha value is -4.01. The van der Waals surface area contributed by atoms with Crippen molar-refractivity contribution < 1.29 is 23.2 Å². The minimum Gasteiger partial charge on any atom is -0.459 e. The van der Waals surface area contributed by atoms with Crippen molar-refractivity contribution >= 4 is 23.4 Å². The molecule has 36 heavy (non-hydrogen) atoms. The van der Waals surface area contributed by atoms with Gasteiger partial charge in [0.1, 0.15) is 11.9 Å². The van der Waals surface area contributed by atoms with E-state index in [9.17, 15) is 18.8 Å². The van der Waals surface area contributed by atoms with Crippen molar-refractivity contribution in [3.05, 3.63) is 83.8 Å². The van der Waals surface area contributed by atoms with Gasteiger partial charge in [-0.25, -0.2) is 4.39 Å². The third-order valence-electron chi connectivity index (χ3n) is 6.33. The quantitative estimate of drug-likeness (QED) is 0.493. The summed E-state index contributed by atoms with van der Waals surface area (Å²) in [6.07, 6.45) is 9.32. The normalized spacial score (nSPS) is 14.6. The van der Waals surface area contributed by atoms with E-state index in [1.807, 2.05) is 0 Å². The van der Waals surface area contributed by atoms with Crippen LogP contribution in [0.2, 0.25) is 0 Å². The second-order valence-corrected chi connectivity index (χ2v) is 8.88. The lowest BCUT2D eigenvalue weighted by Gasteiger charge is -2.33. The van der Waals surface area contributed by atoms with Crippen molar-refractivity contribution in [2.75, 3.05) is 11.4 Å². The molecule has 1 saturated carbocycles. The van der Waals surface area contributed by atoms with E-state index in [4.69, 9.17) is 4.42 Å². The second-order valence-electron chi connectivity index (χ2n) is 8.88. The summed E-state index contributed by atoms with van der Waals surface area (Å²) in [5.74, 6) is -1.99. The maximum Gasteiger partial charge on any atom is 0.287 e. The zero-order chi connectivity index (χ0) is 25.5. The minimum atomic E-state index is -1.09. The number of nitrogens with zero attached hydrogens (tertiary/aromatic N) is 2. The fourth-order valence-corrected chi connectivity index (χ4v) is 4.40. The number of aromatic nitrogens is 1. The van der Waals surface area contributed by atoms with Crippen LogP contribution in [0.25, 0.3) is 0 Å². The van der Waals surface area contributed by atoms with Crippen molar-refractivity contribution in [3.8, 4) is 0 Å². The zero-order valence-corrected chi connectivity index (χ0v) is 20.1. The summed E-state index contributed by atoms with van der Waals surface area (Å²) in [7, 11) is 0. The Labute approximate surface area is 208 Å². The number of benzene rings is 1. The number of furan rings is 1. The van der Waals surface area contributed by atoms with Gasteiger partial charge < -0.3 is 15.1 Å². The molecule has 0 spiro atoms. The number of anilines is 1. The number of carbonyl (C=O) groups is 3. The fourth-order valence-electron chi connectivity index (χ4n) is 4.40. The Bertz CT molecular complexity index is 1190. The molecule has 0 radical (unpaired) electrons. The SMILES string of the molecule is Cc1ccc(N(C(=O)CNC(=O)c2ccco2)C(C(=O)NC2CCCCC2)c2ccncc2)cc1F. The molecule has 1 aliphatic carbocycles. The number of carbonyl (C=O) groups excluding carboxylic acids is 3. The molecule has 188 valence electrons. The number of nitrogens with one attached hydrogen (secondary N) is 2. The highest BCUT2D eigenvalue weighted by molar-refractivity contribution is 6.04. The first-order valence-corrected chi connectivity index (χ1v) is 12.0. The number of amides is 3. The highest BCUT2D eigenvalue weighted by atomic mass is 19.1. The molecule has 1 unspecified atom stereocenters. The van der Waals surface area contributed by atoms with E-state index >= 15 is 0 Å². The maximum atomic E-state index is 14.6. The standard InChI is InChI=1S/C27H29FN4O4/c1-18-9-10-21(16-22(18)28)32(24(33)17-30-26(34)23-8-5-15-36-23)25(19-11-13-29-14-12-19)27(35)31-20-6-3-2-4-7-20/h5,8-16,20,25H,2-4,6-7,17H2,1H3,(H,30,34)(H,31,35). The van der Waals surface area contributed by atoms with E-state index in [0.29, 0.717) is 11.1 Å². The summed E-state index contributed by atoms with van der Waals surface area (Å²) in [5.41, 5.74) is 1.13. The molecule has 0 saturated heterocycles. The summed E-state index contributed by atoms with van der Waals surface area (Å²) in [4.78, 5) is 44.9. The highest BCUT2D eigenvalue weighted by Crippen LogP contribution is 2.30. The Morgan fingerprint density at radius 1 is 1.11 bits per heavy atom. The lowest BCUT2D eigenvalue weighted by Crippen LogP contribution is -2.49. The average Bonchev–Trinajstić information content (AvgIpc) is 3.44. The van der Waals surface area contributed by atoms with Gasteiger partial charge in [-0.1, -0.05) is 25.3 Å². The van der Waals surface area contributed by atoms with Gasteiger partial charge in [0, 0.05) is 24.1 Å². The Morgan fingerprint density at radius 2 is 1.86 bits per heavy atom. The molecule has 9 heteroatoms. The van der Waals surface area contributed by atoms with Crippen LogP contribution >= 0.6 is 0 Å². The van der Waals surface area contributed by atoms with E-state index in [2.05, 4.69) is 15.6 Å². The van der Waals surface area contributed by atoms with Crippen LogP contribution < -0.4 is 15.5 Å². The largest absolute Gasteiger partial charge is 0.459 e. The first-order chi connectivity index (χ1) is 17.4. The van der Waals surface area contributed by atoms with E-state index in [-0.39, 0.29) is 23.4 Å². The second kappa shape index (κ2) is 11.6. The van der Waals surface area contributed by atoms with Crippen LogP contribution in [-0.4, -0.2) is 35.3 Å². The van der Waals surface area contributed by atoms with Crippen LogP contribution in [0.3, 0.4) is 0 Å². The summed E-state index contributed by atoms with van der Waals surface area (Å²) in [6, 6.07) is 9.61. The van der Waals surface area contributed by atoms with Gasteiger partial charge in [-0.05, 0) is 67.3 Å². The van der Waals surface area contributed by atoms with E-state index < -0.39 is 30.2 Å². The predicted octanol–water partition coefficient (Wildman–Crippen LogP) is 4.08. The Balaban J connectivity index is 1.68. The molecule has 2 N–H and O–H groups in total. The third-order valence-corrected chi connectivity index (χ3v) is 6.33. The number of hydrogen-bond acceptors (Lipinski definition) is 5. The van der Waals surface area contributed by atoms with Crippen LogP contribution in [0.4, 0.5) is 10.1 Å². The van der Waals surface area contributed by atoms with E-state index in [1.165, 1.54) is 35.7 Å². The minimum absolute atomic E-state index is 0.000878. The van der Waals surface area contributed by atoms with Crippen molar-refractivity contribution in [3.63, 3.8) is 0 Å². The molecule has 8 nitrogen and oxygen atoms in total. The molecule has 4 rings (SSSR count). The molecule has 2 heterocycles. The van der Waals surface area contributed by atoms with Crippen LogP contribution in [0, 0.1) is 12.7 Å². The fraction of sp³-hybridized carbons (Fsp3) is 0.333. The van der Waals surface area contributed by atoms with Crippen molar-refractivity contribution in [1.29, 1.82) is 0 Å². The number of pyridine rings is 1. The molecular formula is C27H29FN4O4. The molecule has 0 bridgehead atoms. The van der Waals surface area contributed by atoms with Gasteiger partial charge in [-0.2, -0.15) is 0 Å². The summed E-state index contributed by atoms with van der Waals surface area (Å²) in [6.45, 7) is 1.19. The van der Waals surface area contributed by atoms with Gasteiger partial charge in [-0.15, -0.1) is 0 Å². The van der Waals surface area contributed by atoms with Crippen molar-refractivity contribution in [1.82, 2.24) is 15.6 Å². The molecular weight excluding hydrogens is 463 g/mol. The van der Waals surface area contributed by atoms with Gasteiger partial charge in [0.25, 0.3) is 5.91 Å². The summed E-state index contributed by atoms with van der Waals surface area (Å²) < 4.78 is 19.7. The Kier molecular flexibility index (Phi) is 8.10. The lowest BCUT2D eigenvalue weighted by atomic mass is 9.94. The lowest BCUT2D eigenvalue weighted by molar-refractivity contribution is -0.127. The monoisotopic (exact) mass is 492 g/mol. The molecule has 1 aliphatic rings. The topological polar surface area (TPSA) is 105 Å². The van der Waals surface area contributed by atoms with Crippen molar-refractivity contribution in [2.45, 2.75) is 51.1 Å². The predicted molar refractivity (Wildman–Crippen MR) is 132 cm³/mol. The summed E-state index contributed by atoms with van der Waals surface area (Å²) in [5, 5.41) is 5.61. The van der Waals surface area contributed by atoms with Gasteiger partial charge in [0.05, 0.1) is 12.8 Å². The molecule has 1 aromatic carbocycles. The number of halogens is 1. The molecule has 1 fully saturated rings. The first kappa shape index (κ1) is 25.1. The van der Waals surface area contributed by atoms with Gasteiger partial charge in [0.2, 0.25) is 11.8 Å². The zero-order valence-electron chi connectivity index (χ0n) is 20.1. The molecule has 3 amide bonds. The molecule has 2 aromatic heterocycles. The number of hydrogen-bond donors (Lipinski definition) is 2.